The van der Waals surface area contributed by atoms with E-state index in [1.165, 1.54) is 4.88 Å². The van der Waals surface area contributed by atoms with Gasteiger partial charge in [0.2, 0.25) is 0 Å². The van der Waals surface area contributed by atoms with Gasteiger partial charge in [-0.15, -0.1) is 11.3 Å². The molecule has 0 aliphatic carbocycles. The Labute approximate surface area is 123 Å². The van der Waals surface area contributed by atoms with Gasteiger partial charge in [0, 0.05) is 30.1 Å². The predicted octanol–water partition coefficient (Wildman–Crippen LogP) is 3.27. The summed E-state index contributed by atoms with van der Waals surface area (Å²) in [4.78, 5) is 14.7. The molecule has 0 aromatic carbocycles. The zero-order chi connectivity index (χ0) is 14.5. The van der Waals surface area contributed by atoms with E-state index in [9.17, 15) is 0 Å². The molecule has 0 saturated heterocycles. The molecular formula is C14H21N5S. The van der Waals surface area contributed by atoms with Crippen LogP contribution < -0.4 is 10.6 Å². The number of aromatic nitrogens is 3. The van der Waals surface area contributed by atoms with Gasteiger partial charge in [-0.2, -0.15) is 0 Å². The first-order chi connectivity index (χ1) is 9.62. The summed E-state index contributed by atoms with van der Waals surface area (Å²) in [5.74, 6) is 2.81. The lowest BCUT2D eigenvalue weighted by Crippen LogP contribution is -2.07. The Morgan fingerprint density at radius 1 is 1.25 bits per heavy atom. The van der Waals surface area contributed by atoms with Gasteiger partial charge in [-0.3, -0.25) is 0 Å². The van der Waals surface area contributed by atoms with E-state index in [4.69, 9.17) is 0 Å². The second kappa shape index (κ2) is 6.65. The van der Waals surface area contributed by atoms with Crippen molar-refractivity contribution in [3.8, 4) is 0 Å². The summed E-state index contributed by atoms with van der Waals surface area (Å²) in [7, 11) is 1.87. The maximum Gasteiger partial charge on any atom is 0.135 e. The van der Waals surface area contributed by atoms with E-state index in [0.29, 0.717) is 12.5 Å². The van der Waals surface area contributed by atoms with Crippen molar-refractivity contribution in [3.05, 3.63) is 28.0 Å². The maximum atomic E-state index is 4.54. The number of anilines is 2. The average Bonchev–Trinajstić information content (AvgIpc) is 2.92. The molecule has 0 fully saturated rings. The molecule has 2 aromatic heterocycles. The number of aryl methyl sites for hydroxylation is 1. The fraction of sp³-hybridized carbons (Fsp3) is 0.500. The zero-order valence-corrected chi connectivity index (χ0v) is 13.2. The SMILES string of the molecule is CCc1cnc(CNc2cc(NC)nc(C(C)C)n2)s1. The van der Waals surface area contributed by atoms with Crippen molar-refractivity contribution in [2.45, 2.75) is 39.7 Å². The van der Waals surface area contributed by atoms with Crippen LogP contribution in [-0.4, -0.2) is 22.0 Å². The van der Waals surface area contributed by atoms with Crippen LogP contribution in [0.2, 0.25) is 0 Å². The summed E-state index contributed by atoms with van der Waals surface area (Å²) < 4.78 is 0. The van der Waals surface area contributed by atoms with Crippen LogP contribution >= 0.6 is 11.3 Å². The van der Waals surface area contributed by atoms with E-state index in [-0.39, 0.29) is 0 Å². The fourth-order valence-corrected chi connectivity index (χ4v) is 2.50. The monoisotopic (exact) mass is 291 g/mol. The second-order valence-corrected chi connectivity index (χ2v) is 6.03. The highest BCUT2D eigenvalue weighted by Crippen LogP contribution is 2.18. The van der Waals surface area contributed by atoms with Crippen LogP contribution in [-0.2, 0) is 13.0 Å². The maximum absolute atomic E-state index is 4.54. The normalized spacial score (nSPS) is 10.8. The van der Waals surface area contributed by atoms with Crippen LogP contribution in [0, 0.1) is 0 Å². The predicted molar refractivity (Wildman–Crippen MR) is 84.5 cm³/mol. The van der Waals surface area contributed by atoms with E-state index in [0.717, 1.165) is 28.9 Å². The molecule has 2 N–H and O–H groups in total. The minimum absolute atomic E-state index is 0.301. The lowest BCUT2D eigenvalue weighted by Gasteiger charge is -2.10. The van der Waals surface area contributed by atoms with Crippen molar-refractivity contribution < 1.29 is 0 Å². The molecule has 2 rings (SSSR count). The first kappa shape index (κ1) is 14.7. The van der Waals surface area contributed by atoms with Crippen molar-refractivity contribution in [2.24, 2.45) is 0 Å². The number of thiazole rings is 1. The summed E-state index contributed by atoms with van der Waals surface area (Å²) in [5.41, 5.74) is 0. The van der Waals surface area contributed by atoms with E-state index in [2.05, 4.69) is 46.4 Å². The Morgan fingerprint density at radius 3 is 2.60 bits per heavy atom. The Morgan fingerprint density at radius 2 is 2.00 bits per heavy atom. The Hall–Kier alpha value is -1.69. The largest absolute Gasteiger partial charge is 0.373 e. The molecule has 0 aliphatic rings. The van der Waals surface area contributed by atoms with Gasteiger partial charge in [0.05, 0.1) is 6.54 Å². The molecule has 0 unspecified atom stereocenters. The molecular weight excluding hydrogens is 270 g/mol. The molecule has 2 heterocycles. The fourth-order valence-electron chi connectivity index (χ4n) is 1.70. The number of rotatable bonds is 6. The summed E-state index contributed by atoms with van der Waals surface area (Å²) in [6.45, 7) is 7.02. The van der Waals surface area contributed by atoms with Gasteiger partial charge in [0.25, 0.3) is 0 Å². The topological polar surface area (TPSA) is 62.7 Å². The van der Waals surface area contributed by atoms with Gasteiger partial charge >= 0.3 is 0 Å². The molecule has 0 aliphatic heterocycles. The van der Waals surface area contributed by atoms with Crippen LogP contribution in [0.25, 0.3) is 0 Å². The standard InChI is InChI=1S/C14H21N5S/c1-5-10-7-17-13(20-10)8-16-12-6-11(15-4)18-14(19-12)9(2)3/h6-7,9H,5,8H2,1-4H3,(H2,15,16,18,19). The Bertz CT molecular complexity index is 564. The van der Waals surface area contributed by atoms with E-state index >= 15 is 0 Å². The molecule has 2 aromatic rings. The molecule has 0 spiro atoms. The molecule has 0 amide bonds. The highest BCUT2D eigenvalue weighted by Gasteiger charge is 2.08. The smallest absolute Gasteiger partial charge is 0.135 e. The average molecular weight is 291 g/mol. The summed E-state index contributed by atoms with van der Waals surface area (Å²) in [5, 5.41) is 7.48. The summed E-state index contributed by atoms with van der Waals surface area (Å²) >= 11 is 1.74. The second-order valence-electron chi connectivity index (χ2n) is 4.83. The van der Waals surface area contributed by atoms with Gasteiger partial charge in [-0.05, 0) is 6.42 Å². The van der Waals surface area contributed by atoms with E-state index in [1.54, 1.807) is 11.3 Å². The number of nitrogens with one attached hydrogen (secondary N) is 2. The quantitative estimate of drug-likeness (QED) is 0.855. The van der Waals surface area contributed by atoms with Gasteiger partial charge in [-0.25, -0.2) is 15.0 Å². The van der Waals surface area contributed by atoms with Crippen LogP contribution in [0.1, 0.15) is 42.4 Å². The lowest BCUT2D eigenvalue weighted by molar-refractivity contribution is 0.776. The molecule has 108 valence electrons. The molecule has 0 atom stereocenters. The number of hydrogen-bond acceptors (Lipinski definition) is 6. The zero-order valence-electron chi connectivity index (χ0n) is 12.4. The molecule has 0 saturated carbocycles. The van der Waals surface area contributed by atoms with Crippen LogP contribution in [0.15, 0.2) is 12.3 Å². The molecule has 5 nitrogen and oxygen atoms in total. The minimum atomic E-state index is 0.301. The van der Waals surface area contributed by atoms with Gasteiger partial charge in [0.15, 0.2) is 0 Å². The molecule has 20 heavy (non-hydrogen) atoms. The summed E-state index contributed by atoms with van der Waals surface area (Å²) in [6.07, 6.45) is 2.98. The van der Waals surface area contributed by atoms with Gasteiger partial charge in [-0.1, -0.05) is 20.8 Å². The molecule has 6 heteroatoms. The Kier molecular flexibility index (Phi) is 4.89. The lowest BCUT2D eigenvalue weighted by atomic mass is 10.2. The Balaban J connectivity index is 2.10. The van der Waals surface area contributed by atoms with Gasteiger partial charge < -0.3 is 10.6 Å². The van der Waals surface area contributed by atoms with E-state index in [1.807, 2.05) is 19.3 Å². The number of hydrogen-bond donors (Lipinski definition) is 2. The highest BCUT2D eigenvalue weighted by molar-refractivity contribution is 7.11. The summed E-state index contributed by atoms with van der Waals surface area (Å²) in [6, 6.07) is 1.92. The third-order valence-corrected chi connectivity index (χ3v) is 4.03. The van der Waals surface area contributed by atoms with Crippen molar-refractivity contribution in [2.75, 3.05) is 17.7 Å². The van der Waals surface area contributed by atoms with Crippen molar-refractivity contribution in [3.63, 3.8) is 0 Å². The van der Waals surface area contributed by atoms with Crippen LogP contribution in [0.5, 0.6) is 0 Å². The first-order valence-electron chi connectivity index (χ1n) is 6.86. The molecule has 0 bridgehead atoms. The first-order valence-corrected chi connectivity index (χ1v) is 7.68. The van der Waals surface area contributed by atoms with Crippen LogP contribution in [0.4, 0.5) is 11.6 Å². The van der Waals surface area contributed by atoms with Crippen molar-refractivity contribution in [1.29, 1.82) is 0 Å². The highest BCUT2D eigenvalue weighted by atomic mass is 32.1. The minimum Gasteiger partial charge on any atom is -0.373 e. The van der Waals surface area contributed by atoms with Crippen LogP contribution in [0.3, 0.4) is 0 Å². The number of nitrogens with zero attached hydrogens (tertiary/aromatic N) is 3. The van der Waals surface area contributed by atoms with Crippen molar-refractivity contribution in [1.82, 2.24) is 15.0 Å². The third kappa shape index (κ3) is 3.66. The van der Waals surface area contributed by atoms with Gasteiger partial charge in [0.1, 0.15) is 22.5 Å². The molecule has 0 radical (unpaired) electrons. The third-order valence-electron chi connectivity index (χ3n) is 2.89. The van der Waals surface area contributed by atoms with E-state index < -0.39 is 0 Å². The van der Waals surface area contributed by atoms with Crippen molar-refractivity contribution >= 4 is 23.0 Å².